The van der Waals surface area contributed by atoms with Gasteiger partial charge in [0, 0.05) is 6.54 Å². The average Bonchev–Trinajstić information content (AvgIpc) is 2.38. The zero-order valence-corrected chi connectivity index (χ0v) is 10.9. The fraction of sp³-hybridized carbons (Fsp3) is 0.167. The molecule has 0 atom stereocenters. The Morgan fingerprint density at radius 2 is 2.39 bits per heavy atom. The van der Waals surface area contributed by atoms with Crippen LogP contribution in [0.3, 0.4) is 0 Å². The van der Waals surface area contributed by atoms with Gasteiger partial charge in [-0.05, 0) is 24.4 Å². The fourth-order valence-corrected chi connectivity index (χ4v) is 1.35. The summed E-state index contributed by atoms with van der Waals surface area (Å²) >= 11 is 4.98. The van der Waals surface area contributed by atoms with Gasteiger partial charge in [0.2, 0.25) is 11.3 Å². The molecule has 0 aromatic heterocycles. The van der Waals surface area contributed by atoms with Crippen LogP contribution in [0.1, 0.15) is 5.56 Å². The minimum absolute atomic E-state index is 0.0688. The van der Waals surface area contributed by atoms with Crippen LogP contribution in [-0.4, -0.2) is 30.1 Å². The van der Waals surface area contributed by atoms with E-state index in [9.17, 15) is 5.11 Å². The van der Waals surface area contributed by atoms with Crippen LogP contribution >= 0.6 is 12.2 Å². The van der Waals surface area contributed by atoms with Crippen molar-refractivity contribution in [3.63, 3.8) is 0 Å². The Labute approximate surface area is 111 Å². The second-order valence-electron chi connectivity index (χ2n) is 3.31. The molecule has 0 spiro atoms. The molecular weight excluding hydrogens is 250 g/mol. The third kappa shape index (κ3) is 4.06. The number of rotatable bonds is 5. The molecule has 0 unspecified atom stereocenters. The van der Waals surface area contributed by atoms with Crippen LogP contribution in [0.4, 0.5) is 0 Å². The number of aromatic hydroxyl groups is 1. The molecule has 0 saturated heterocycles. The Bertz CT molecular complexity index is 461. The van der Waals surface area contributed by atoms with Crippen molar-refractivity contribution >= 4 is 23.5 Å². The number of phenolic OH excluding ortho intramolecular Hbond substituents is 1. The van der Waals surface area contributed by atoms with E-state index in [0.717, 1.165) is 0 Å². The SMILES string of the molecule is C=CCNC(=S)N/[NH+]=C/c1cccc(OC)c1O. The Morgan fingerprint density at radius 1 is 1.61 bits per heavy atom. The van der Waals surface area contributed by atoms with E-state index < -0.39 is 0 Å². The molecular formula is C12H16N3O2S+. The molecule has 18 heavy (non-hydrogen) atoms. The molecule has 0 saturated carbocycles. The Balaban J connectivity index is 2.62. The number of phenols is 1. The van der Waals surface area contributed by atoms with E-state index >= 15 is 0 Å². The van der Waals surface area contributed by atoms with E-state index in [4.69, 9.17) is 17.0 Å². The van der Waals surface area contributed by atoms with Gasteiger partial charge in [-0.15, -0.1) is 17.1 Å². The standard InChI is InChI=1S/C12H15N3O2S/c1-3-7-13-12(18)15-14-8-9-5-4-6-10(17-2)11(9)16/h3-6,8,16H,1,7H2,2H3,(H2,13,15,18)/p+1/b14-8+. The van der Waals surface area contributed by atoms with Gasteiger partial charge in [0.25, 0.3) is 0 Å². The Morgan fingerprint density at radius 3 is 3.06 bits per heavy atom. The third-order valence-corrected chi connectivity index (χ3v) is 2.32. The summed E-state index contributed by atoms with van der Waals surface area (Å²) in [4.78, 5) is 0. The number of benzene rings is 1. The van der Waals surface area contributed by atoms with E-state index in [1.54, 1.807) is 30.5 Å². The van der Waals surface area contributed by atoms with Gasteiger partial charge in [-0.1, -0.05) is 12.1 Å². The molecule has 0 aliphatic rings. The molecule has 1 aromatic carbocycles. The summed E-state index contributed by atoms with van der Waals surface area (Å²) in [6.45, 7) is 4.15. The summed E-state index contributed by atoms with van der Waals surface area (Å²) in [5, 5.41) is 15.9. The second kappa shape index (κ2) is 7.29. The van der Waals surface area contributed by atoms with Crippen LogP contribution in [0, 0.1) is 0 Å². The predicted molar refractivity (Wildman–Crippen MR) is 74.7 cm³/mol. The number of ether oxygens (including phenoxy) is 1. The normalized spacial score (nSPS) is 10.1. The lowest BCUT2D eigenvalue weighted by Gasteiger charge is -2.03. The highest BCUT2D eigenvalue weighted by Crippen LogP contribution is 2.27. The number of thiocarbonyl (C=S) groups is 1. The van der Waals surface area contributed by atoms with Crippen molar-refractivity contribution < 1.29 is 14.9 Å². The lowest BCUT2D eigenvalue weighted by Crippen LogP contribution is -2.82. The summed E-state index contributed by atoms with van der Waals surface area (Å²) in [6, 6.07) is 5.20. The van der Waals surface area contributed by atoms with Crippen molar-refractivity contribution in [2.45, 2.75) is 0 Å². The maximum absolute atomic E-state index is 9.81. The highest BCUT2D eigenvalue weighted by Gasteiger charge is 2.07. The van der Waals surface area contributed by atoms with E-state index in [1.165, 1.54) is 7.11 Å². The van der Waals surface area contributed by atoms with Crippen molar-refractivity contribution in [1.29, 1.82) is 0 Å². The number of hydrogen-bond donors (Lipinski definition) is 4. The number of hydrazone groups is 1. The first-order valence-electron chi connectivity index (χ1n) is 5.28. The molecule has 0 radical (unpaired) electrons. The van der Waals surface area contributed by atoms with Gasteiger partial charge in [-0.2, -0.15) is 0 Å². The first-order valence-corrected chi connectivity index (χ1v) is 5.69. The van der Waals surface area contributed by atoms with Gasteiger partial charge < -0.3 is 15.2 Å². The molecule has 0 aliphatic carbocycles. The number of nitrogens with one attached hydrogen (secondary N) is 3. The Hall–Kier alpha value is -2.08. The van der Waals surface area contributed by atoms with Crippen LogP contribution in [-0.2, 0) is 0 Å². The molecule has 0 bridgehead atoms. The van der Waals surface area contributed by atoms with E-state index in [1.807, 2.05) is 0 Å². The molecule has 1 aromatic rings. The molecule has 1 rings (SSSR count). The zero-order chi connectivity index (χ0) is 13.4. The van der Waals surface area contributed by atoms with Crippen LogP contribution < -0.4 is 20.6 Å². The number of hydrazine groups is 1. The summed E-state index contributed by atoms with van der Waals surface area (Å²) in [6.07, 6.45) is 3.28. The van der Waals surface area contributed by atoms with Crippen molar-refractivity contribution in [3.8, 4) is 11.5 Å². The molecule has 0 heterocycles. The third-order valence-electron chi connectivity index (χ3n) is 2.07. The van der Waals surface area contributed by atoms with Gasteiger partial charge in [-0.3, -0.25) is 0 Å². The lowest BCUT2D eigenvalue weighted by atomic mass is 10.2. The van der Waals surface area contributed by atoms with Crippen LogP contribution in [0.25, 0.3) is 0 Å². The van der Waals surface area contributed by atoms with Gasteiger partial charge in [0.1, 0.15) is 0 Å². The van der Waals surface area contributed by atoms with Crippen molar-refractivity contribution in [1.82, 2.24) is 10.7 Å². The van der Waals surface area contributed by atoms with Gasteiger partial charge in [0.05, 0.1) is 12.7 Å². The minimum Gasteiger partial charge on any atom is -0.504 e. The maximum Gasteiger partial charge on any atom is 0.224 e. The highest BCUT2D eigenvalue weighted by molar-refractivity contribution is 7.80. The highest BCUT2D eigenvalue weighted by atomic mass is 32.1. The topological polar surface area (TPSA) is 67.5 Å². The summed E-state index contributed by atoms with van der Waals surface area (Å²) in [5.74, 6) is 0.483. The zero-order valence-electron chi connectivity index (χ0n) is 10.1. The molecule has 4 N–H and O–H groups in total. The van der Waals surface area contributed by atoms with Crippen molar-refractivity contribution in [2.75, 3.05) is 13.7 Å². The van der Waals surface area contributed by atoms with Crippen molar-refractivity contribution in [3.05, 3.63) is 36.4 Å². The quantitative estimate of drug-likeness (QED) is 0.250. The average molecular weight is 266 g/mol. The summed E-state index contributed by atoms with van der Waals surface area (Å²) < 4.78 is 5.00. The number of hydrogen-bond acceptors (Lipinski definition) is 3. The van der Waals surface area contributed by atoms with Gasteiger partial charge in [-0.25, -0.2) is 0 Å². The van der Waals surface area contributed by atoms with Crippen LogP contribution in [0.15, 0.2) is 30.9 Å². The summed E-state index contributed by atoms with van der Waals surface area (Å²) in [5.41, 5.74) is 3.34. The molecule has 5 nitrogen and oxygen atoms in total. The Kier molecular flexibility index (Phi) is 5.66. The molecule has 0 amide bonds. The maximum atomic E-state index is 9.81. The number of methoxy groups -OCH3 is 1. The number of para-hydroxylation sites is 1. The largest absolute Gasteiger partial charge is 0.504 e. The second-order valence-corrected chi connectivity index (χ2v) is 3.72. The van der Waals surface area contributed by atoms with Crippen molar-refractivity contribution in [2.24, 2.45) is 0 Å². The van der Waals surface area contributed by atoms with Gasteiger partial charge >= 0.3 is 0 Å². The smallest absolute Gasteiger partial charge is 0.224 e. The monoisotopic (exact) mass is 266 g/mol. The molecule has 96 valence electrons. The molecule has 0 fully saturated rings. The summed E-state index contributed by atoms with van der Waals surface area (Å²) in [7, 11) is 1.50. The fourth-order valence-electron chi connectivity index (χ4n) is 1.21. The predicted octanol–water partition coefficient (Wildman–Crippen LogP) is -0.535. The first kappa shape index (κ1) is 14.0. The van der Waals surface area contributed by atoms with E-state index in [-0.39, 0.29) is 5.75 Å². The van der Waals surface area contributed by atoms with Gasteiger partial charge in [0.15, 0.2) is 11.5 Å². The molecule has 0 aliphatic heterocycles. The molecule has 6 heteroatoms. The van der Waals surface area contributed by atoms with E-state index in [0.29, 0.717) is 23.0 Å². The lowest BCUT2D eigenvalue weighted by molar-refractivity contribution is -0.500. The van der Waals surface area contributed by atoms with Crippen LogP contribution in [0.5, 0.6) is 11.5 Å². The first-order chi connectivity index (χ1) is 8.69. The minimum atomic E-state index is 0.0688. The van der Waals surface area contributed by atoms with E-state index in [2.05, 4.69) is 22.4 Å². The van der Waals surface area contributed by atoms with Crippen LogP contribution in [0.2, 0.25) is 0 Å².